The van der Waals surface area contributed by atoms with E-state index in [0.29, 0.717) is 0 Å². The van der Waals surface area contributed by atoms with Crippen molar-refractivity contribution in [1.29, 1.82) is 0 Å². The molecule has 0 aromatic carbocycles. The molecule has 1 N–H and O–H groups in total. The first-order valence-electron chi connectivity index (χ1n) is 5.64. The number of hydrogen-bond donors (Lipinski definition) is 1. The van der Waals surface area contributed by atoms with E-state index in [1.54, 1.807) is 0 Å². The second kappa shape index (κ2) is 5.89. The number of pyridine rings is 1. The summed E-state index contributed by atoms with van der Waals surface area (Å²) < 4.78 is 0. The van der Waals surface area contributed by atoms with Gasteiger partial charge < -0.3 is 5.32 Å². The van der Waals surface area contributed by atoms with Gasteiger partial charge in [-0.25, -0.2) is 0 Å². The van der Waals surface area contributed by atoms with E-state index >= 15 is 0 Å². The zero-order chi connectivity index (χ0) is 11.2. The molecule has 0 fully saturated rings. The molecule has 1 aromatic heterocycles. The van der Waals surface area contributed by atoms with Crippen molar-refractivity contribution in [2.45, 2.75) is 13.3 Å². The molecule has 1 aliphatic rings. The fraction of sp³-hybridized carbons (Fsp3) is 0.500. The van der Waals surface area contributed by atoms with Crippen LogP contribution in [0.2, 0.25) is 0 Å². The summed E-state index contributed by atoms with van der Waals surface area (Å²) in [6, 6.07) is 4.11. The maximum Gasteiger partial charge on any atom is 0.156 e. The predicted molar refractivity (Wildman–Crippen MR) is 69.9 cm³/mol. The summed E-state index contributed by atoms with van der Waals surface area (Å²) in [5.74, 6) is 1.90. The predicted octanol–water partition coefficient (Wildman–Crippen LogP) is 1.95. The summed E-state index contributed by atoms with van der Waals surface area (Å²) in [6.45, 7) is 4.15. The van der Waals surface area contributed by atoms with Gasteiger partial charge in [0.15, 0.2) is 5.17 Å². The topological polar surface area (TPSA) is 37.3 Å². The minimum atomic E-state index is 0.718. The van der Waals surface area contributed by atoms with Crippen LogP contribution in [0.25, 0.3) is 0 Å². The van der Waals surface area contributed by atoms with Crippen molar-refractivity contribution >= 4 is 16.9 Å². The Balaban J connectivity index is 1.72. The Morgan fingerprint density at radius 1 is 1.44 bits per heavy atom. The van der Waals surface area contributed by atoms with Crippen molar-refractivity contribution in [3.8, 4) is 0 Å². The molecule has 1 atom stereocenters. The van der Waals surface area contributed by atoms with E-state index in [1.807, 2.05) is 24.2 Å². The second-order valence-electron chi connectivity index (χ2n) is 4.09. The van der Waals surface area contributed by atoms with Gasteiger partial charge >= 0.3 is 0 Å². The van der Waals surface area contributed by atoms with E-state index in [2.05, 4.69) is 34.3 Å². The molecule has 0 bridgehead atoms. The van der Waals surface area contributed by atoms with Crippen LogP contribution in [-0.2, 0) is 6.42 Å². The van der Waals surface area contributed by atoms with Gasteiger partial charge in [-0.1, -0.05) is 18.7 Å². The van der Waals surface area contributed by atoms with Crippen LogP contribution >= 0.6 is 11.8 Å². The molecular formula is C12H17N3S. The first kappa shape index (κ1) is 11.5. The molecule has 86 valence electrons. The molecular weight excluding hydrogens is 218 g/mol. The minimum absolute atomic E-state index is 0.718. The molecule has 1 aromatic rings. The fourth-order valence-electron chi connectivity index (χ4n) is 1.53. The minimum Gasteiger partial charge on any atom is -0.365 e. The third kappa shape index (κ3) is 3.52. The van der Waals surface area contributed by atoms with Crippen LogP contribution in [0, 0.1) is 5.92 Å². The van der Waals surface area contributed by atoms with E-state index in [0.717, 1.165) is 30.6 Å². The van der Waals surface area contributed by atoms with Gasteiger partial charge in [-0.15, -0.1) is 0 Å². The summed E-state index contributed by atoms with van der Waals surface area (Å²) in [7, 11) is 0. The third-order valence-corrected chi connectivity index (χ3v) is 3.77. The Hall–Kier alpha value is -1.03. The second-order valence-corrected chi connectivity index (χ2v) is 5.10. The number of rotatable bonds is 3. The highest BCUT2D eigenvalue weighted by Gasteiger charge is 2.10. The lowest BCUT2D eigenvalue weighted by molar-refractivity contribution is 0.669. The largest absolute Gasteiger partial charge is 0.365 e. The molecule has 1 aliphatic heterocycles. The van der Waals surface area contributed by atoms with Gasteiger partial charge in [0.2, 0.25) is 0 Å². The molecule has 3 nitrogen and oxygen atoms in total. The third-order valence-electron chi connectivity index (χ3n) is 2.49. The highest BCUT2D eigenvalue weighted by atomic mass is 32.2. The Kier molecular flexibility index (Phi) is 4.22. The van der Waals surface area contributed by atoms with Crippen LogP contribution in [0.3, 0.4) is 0 Å². The van der Waals surface area contributed by atoms with Crippen molar-refractivity contribution in [3.05, 3.63) is 30.1 Å². The van der Waals surface area contributed by atoms with Gasteiger partial charge in [-0.05, 0) is 30.0 Å². The maximum atomic E-state index is 4.50. The summed E-state index contributed by atoms with van der Waals surface area (Å²) >= 11 is 1.83. The highest BCUT2D eigenvalue weighted by molar-refractivity contribution is 8.13. The average Bonchev–Trinajstić information content (AvgIpc) is 2.33. The molecule has 2 rings (SSSR count). The normalized spacial score (nSPS) is 20.3. The summed E-state index contributed by atoms with van der Waals surface area (Å²) in [5, 5.41) is 4.49. The molecule has 1 unspecified atom stereocenters. The van der Waals surface area contributed by atoms with Crippen LogP contribution in [0.4, 0.5) is 0 Å². The number of nitrogens with one attached hydrogen (secondary N) is 1. The smallest absolute Gasteiger partial charge is 0.156 e. The lowest BCUT2D eigenvalue weighted by atomic mass is 10.2. The zero-order valence-electron chi connectivity index (χ0n) is 9.52. The monoisotopic (exact) mass is 235 g/mol. The lowest BCUT2D eigenvalue weighted by Crippen LogP contribution is -2.27. The Labute approximate surface area is 101 Å². The molecule has 4 heteroatoms. The molecule has 0 spiro atoms. The van der Waals surface area contributed by atoms with Crippen molar-refractivity contribution < 1.29 is 0 Å². The van der Waals surface area contributed by atoms with E-state index in [-0.39, 0.29) is 0 Å². The number of nitrogens with zero attached hydrogens (tertiary/aromatic N) is 2. The summed E-state index contributed by atoms with van der Waals surface area (Å²) in [5.41, 5.74) is 1.32. The fourth-order valence-corrected chi connectivity index (χ4v) is 2.45. The molecule has 0 saturated carbocycles. The zero-order valence-corrected chi connectivity index (χ0v) is 10.3. The van der Waals surface area contributed by atoms with Crippen LogP contribution < -0.4 is 5.32 Å². The first-order valence-corrected chi connectivity index (χ1v) is 6.63. The van der Waals surface area contributed by atoms with Gasteiger partial charge in [0.1, 0.15) is 0 Å². The van der Waals surface area contributed by atoms with E-state index < -0.39 is 0 Å². The van der Waals surface area contributed by atoms with E-state index in [9.17, 15) is 0 Å². The maximum absolute atomic E-state index is 4.50. The first-order chi connectivity index (χ1) is 7.84. The average molecular weight is 235 g/mol. The highest BCUT2D eigenvalue weighted by Crippen LogP contribution is 2.15. The van der Waals surface area contributed by atoms with Crippen LogP contribution in [0.1, 0.15) is 12.5 Å². The standard InChI is InChI=1S/C12H17N3S/c1-10-8-15-12(16-9-10)14-7-4-11-2-5-13-6-3-11/h2-3,5-6,10H,4,7-9H2,1H3,(H,14,15). The molecule has 0 amide bonds. The molecule has 0 aliphatic carbocycles. The Morgan fingerprint density at radius 2 is 2.25 bits per heavy atom. The van der Waals surface area contributed by atoms with E-state index in [1.165, 1.54) is 11.3 Å². The molecule has 16 heavy (non-hydrogen) atoms. The van der Waals surface area contributed by atoms with E-state index in [4.69, 9.17) is 0 Å². The lowest BCUT2D eigenvalue weighted by Gasteiger charge is -2.17. The number of amidine groups is 1. The van der Waals surface area contributed by atoms with Crippen molar-refractivity contribution in [2.24, 2.45) is 10.9 Å². The van der Waals surface area contributed by atoms with Gasteiger partial charge in [-0.3, -0.25) is 9.98 Å². The summed E-state index contributed by atoms with van der Waals surface area (Å²) in [6.07, 6.45) is 4.70. The SMILES string of the molecule is CC1CN=C(NCCc2ccncc2)SC1. The van der Waals surface area contributed by atoms with Crippen molar-refractivity contribution in [2.75, 3.05) is 18.8 Å². The van der Waals surface area contributed by atoms with Gasteiger partial charge in [-0.2, -0.15) is 0 Å². The van der Waals surface area contributed by atoms with Crippen LogP contribution in [0.15, 0.2) is 29.5 Å². The summed E-state index contributed by atoms with van der Waals surface area (Å²) in [4.78, 5) is 8.50. The number of hydrogen-bond acceptors (Lipinski definition) is 4. The van der Waals surface area contributed by atoms with Crippen LogP contribution in [0.5, 0.6) is 0 Å². The van der Waals surface area contributed by atoms with Gasteiger partial charge in [0.25, 0.3) is 0 Å². The molecule has 2 heterocycles. The quantitative estimate of drug-likeness (QED) is 0.870. The molecule has 0 saturated heterocycles. The number of aromatic nitrogens is 1. The molecule has 0 radical (unpaired) electrons. The van der Waals surface area contributed by atoms with Gasteiger partial charge in [0, 0.05) is 31.2 Å². The van der Waals surface area contributed by atoms with Crippen molar-refractivity contribution in [1.82, 2.24) is 10.3 Å². The van der Waals surface area contributed by atoms with Gasteiger partial charge in [0.05, 0.1) is 0 Å². The number of aliphatic imine (C=N–C) groups is 1. The van der Waals surface area contributed by atoms with Crippen LogP contribution in [-0.4, -0.2) is 29.0 Å². The number of thioether (sulfide) groups is 1. The van der Waals surface area contributed by atoms with Crippen molar-refractivity contribution in [3.63, 3.8) is 0 Å². The Bertz CT molecular complexity index is 351. The Morgan fingerprint density at radius 3 is 2.94 bits per heavy atom.